The predicted molar refractivity (Wildman–Crippen MR) is 70.2 cm³/mol. The van der Waals surface area contributed by atoms with Gasteiger partial charge in [0.25, 0.3) is 0 Å². The lowest BCUT2D eigenvalue weighted by Crippen LogP contribution is -2.17. The largest absolute Gasteiger partial charge is 0.396 e. The lowest BCUT2D eigenvalue weighted by molar-refractivity contribution is 0.282. The van der Waals surface area contributed by atoms with Crippen molar-refractivity contribution in [3.63, 3.8) is 0 Å². The minimum atomic E-state index is 0.235. The summed E-state index contributed by atoms with van der Waals surface area (Å²) < 4.78 is 0. The molecule has 0 radical (unpaired) electrons. The zero-order valence-corrected chi connectivity index (χ0v) is 10.6. The molecule has 0 fully saturated rings. The zero-order valence-electron chi connectivity index (χ0n) is 10.6. The summed E-state index contributed by atoms with van der Waals surface area (Å²) in [5.41, 5.74) is 0. The Labute approximate surface area is 103 Å². The second kappa shape index (κ2) is 7.84. The van der Waals surface area contributed by atoms with Crippen molar-refractivity contribution in [3.8, 4) is 0 Å². The number of aliphatic hydroxyl groups excluding tert-OH is 1. The number of hydrogen-bond acceptors (Lipinski definition) is 5. The quantitative estimate of drug-likeness (QED) is 0.645. The van der Waals surface area contributed by atoms with Crippen LogP contribution in [0.5, 0.6) is 0 Å². The van der Waals surface area contributed by atoms with E-state index in [0.717, 1.165) is 31.6 Å². The average molecular weight is 238 g/mol. The normalized spacial score (nSPS) is 12.2. The van der Waals surface area contributed by atoms with Crippen LogP contribution in [0.1, 0.15) is 33.1 Å². The van der Waals surface area contributed by atoms with Gasteiger partial charge in [-0.2, -0.15) is 4.98 Å². The van der Waals surface area contributed by atoms with Crippen molar-refractivity contribution in [2.45, 2.75) is 39.2 Å². The van der Waals surface area contributed by atoms with Crippen molar-refractivity contribution >= 4 is 11.8 Å². The monoisotopic (exact) mass is 238 g/mol. The summed E-state index contributed by atoms with van der Waals surface area (Å²) in [5.74, 6) is 1.48. The van der Waals surface area contributed by atoms with Crippen LogP contribution in [0.3, 0.4) is 0 Å². The summed E-state index contributed by atoms with van der Waals surface area (Å²) in [6.07, 6.45) is 4.53. The number of aromatic nitrogens is 2. The van der Waals surface area contributed by atoms with Gasteiger partial charge in [-0.15, -0.1) is 0 Å². The van der Waals surface area contributed by atoms with Crippen LogP contribution in [0.15, 0.2) is 12.3 Å². The van der Waals surface area contributed by atoms with Crippen molar-refractivity contribution in [1.29, 1.82) is 0 Å². The lowest BCUT2D eigenvalue weighted by atomic mass is 10.2. The van der Waals surface area contributed by atoms with Gasteiger partial charge in [-0.05, 0) is 32.3 Å². The number of nitrogens with zero attached hydrogens (tertiary/aromatic N) is 2. The highest BCUT2D eigenvalue weighted by Crippen LogP contribution is 2.09. The van der Waals surface area contributed by atoms with Gasteiger partial charge in [0.2, 0.25) is 5.95 Å². The fraction of sp³-hybridized carbons (Fsp3) is 0.667. The first-order valence-electron chi connectivity index (χ1n) is 6.20. The van der Waals surface area contributed by atoms with Crippen LogP contribution >= 0.6 is 0 Å². The molecule has 0 aliphatic carbocycles. The van der Waals surface area contributed by atoms with E-state index in [2.05, 4.69) is 34.4 Å². The molecule has 1 unspecified atom stereocenters. The Morgan fingerprint density at radius 1 is 1.47 bits per heavy atom. The van der Waals surface area contributed by atoms with Gasteiger partial charge in [0.15, 0.2) is 0 Å². The number of rotatable bonds is 8. The van der Waals surface area contributed by atoms with E-state index in [4.69, 9.17) is 5.11 Å². The molecule has 1 aromatic rings. The lowest BCUT2D eigenvalue weighted by Gasteiger charge is -2.14. The van der Waals surface area contributed by atoms with Crippen molar-refractivity contribution in [1.82, 2.24) is 9.97 Å². The summed E-state index contributed by atoms with van der Waals surface area (Å²) in [6, 6.07) is 2.16. The van der Waals surface area contributed by atoms with Gasteiger partial charge < -0.3 is 15.7 Å². The highest BCUT2D eigenvalue weighted by atomic mass is 16.2. The molecule has 0 saturated carbocycles. The molecule has 1 aromatic heterocycles. The summed E-state index contributed by atoms with van der Waals surface area (Å²) >= 11 is 0. The van der Waals surface area contributed by atoms with E-state index in [9.17, 15) is 0 Å². The molecule has 0 aromatic carbocycles. The molecule has 0 bridgehead atoms. The molecule has 0 aliphatic heterocycles. The van der Waals surface area contributed by atoms with Gasteiger partial charge in [-0.3, -0.25) is 0 Å². The summed E-state index contributed by atoms with van der Waals surface area (Å²) in [6.45, 7) is 5.30. The van der Waals surface area contributed by atoms with Gasteiger partial charge >= 0.3 is 0 Å². The van der Waals surface area contributed by atoms with Gasteiger partial charge in [0.05, 0.1) is 0 Å². The minimum absolute atomic E-state index is 0.235. The maximum Gasteiger partial charge on any atom is 0.224 e. The fourth-order valence-corrected chi connectivity index (χ4v) is 1.48. The number of nitrogens with one attached hydrogen (secondary N) is 2. The standard InChI is InChI=1S/C12H22N4O/c1-3-7-13-12-14-8-6-11(16-12)15-10(2)5-4-9-17/h6,8,10,17H,3-5,7,9H2,1-2H3,(H2,13,14,15,16). The molecule has 0 saturated heterocycles. The Hall–Kier alpha value is -1.36. The van der Waals surface area contributed by atoms with E-state index in [1.807, 2.05) is 6.07 Å². The Morgan fingerprint density at radius 2 is 2.29 bits per heavy atom. The van der Waals surface area contributed by atoms with Crippen LogP contribution in [-0.4, -0.2) is 34.3 Å². The van der Waals surface area contributed by atoms with E-state index >= 15 is 0 Å². The first-order chi connectivity index (χ1) is 8.26. The Balaban J connectivity index is 2.47. The number of aliphatic hydroxyl groups is 1. The van der Waals surface area contributed by atoms with Gasteiger partial charge in [-0.25, -0.2) is 4.98 Å². The molecule has 5 heteroatoms. The van der Waals surface area contributed by atoms with Crippen LogP contribution in [0.2, 0.25) is 0 Å². The van der Waals surface area contributed by atoms with E-state index in [-0.39, 0.29) is 6.61 Å². The fourth-order valence-electron chi connectivity index (χ4n) is 1.48. The molecule has 17 heavy (non-hydrogen) atoms. The summed E-state index contributed by atoms with van der Waals surface area (Å²) in [5, 5.41) is 15.2. The maximum atomic E-state index is 8.76. The summed E-state index contributed by atoms with van der Waals surface area (Å²) in [7, 11) is 0. The molecule has 3 N–H and O–H groups in total. The van der Waals surface area contributed by atoms with Crippen LogP contribution in [0.25, 0.3) is 0 Å². The zero-order chi connectivity index (χ0) is 12.5. The first kappa shape index (κ1) is 13.7. The molecule has 0 aliphatic rings. The Morgan fingerprint density at radius 3 is 3.00 bits per heavy atom. The molecule has 1 atom stereocenters. The second-order valence-corrected chi connectivity index (χ2v) is 4.10. The molecule has 1 rings (SSSR count). The Kier molecular flexibility index (Phi) is 6.32. The SMILES string of the molecule is CCCNc1nccc(NC(C)CCCO)n1. The smallest absolute Gasteiger partial charge is 0.224 e. The van der Waals surface area contributed by atoms with E-state index in [0.29, 0.717) is 12.0 Å². The van der Waals surface area contributed by atoms with Crippen molar-refractivity contribution in [3.05, 3.63) is 12.3 Å². The maximum absolute atomic E-state index is 8.76. The second-order valence-electron chi connectivity index (χ2n) is 4.10. The van der Waals surface area contributed by atoms with Gasteiger partial charge in [0.1, 0.15) is 5.82 Å². The van der Waals surface area contributed by atoms with Crippen LogP contribution in [-0.2, 0) is 0 Å². The van der Waals surface area contributed by atoms with Gasteiger partial charge in [0, 0.05) is 25.4 Å². The molecular weight excluding hydrogens is 216 g/mol. The van der Waals surface area contributed by atoms with Gasteiger partial charge in [-0.1, -0.05) is 6.92 Å². The molecule has 1 heterocycles. The van der Waals surface area contributed by atoms with Crippen LogP contribution in [0.4, 0.5) is 11.8 Å². The van der Waals surface area contributed by atoms with Crippen molar-refractivity contribution < 1.29 is 5.11 Å². The topological polar surface area (TPSA) is 70.1 Å². The third-order valence-electron chi connectivity index (χ3n) is 2.38. The van der Waals surface area contributed by atoms with E-state index in [1.54, 1.807) is 6.20 Å². The Bertz CT molecular complexity index is 319. The molecular formula is C12H22N4O. The minimum Gasteiger partial charge on any atom is -0.396 e. The molecule has 96 valence electrons. The van der Waals surface area contributed by atoms with Crippen LogP contribution in [0, 0.1) is 0 Å². The van der Waals surface area contributed by atoms with Crippen molar-refractivity contribution in [2.24, 2.45) is 0 Å². The van der Waals surface area contributed by atoms with E-state index in [1.165, 1.54) is 0 Å². The van der Waals surface area contributed by atoms with Crippen molar-refractivity contribution in [2.75, 3.05) is 23.8 Å². The predicted octanol–water partition coefficient (Wildman–Crippen LogP) is 1.87. The first-order valence-corrected chi connectivity index (χ1v) is 6.20. The summed E-state index contributed by atoms with van der Waals surface area (Å²) in [4.78, 5) is 8.51. The number of hydrogen-bond donors (Lipinski definition) is 3. The highest BCUT2D eigenvalue weighted by Gasteiger charge is 2.03. The molecule has 0 spiro atoms. The third-order valence-corrected chi connectivity index (χ3v) is 2.38. The number of anilines is 2. The molecule has 5 nitrogen and oxygen atoms in total. The van der Waals surface area contributed by atoms with E-state index < -0.39 is 0 Å². The molecule has 0 amide bonds. The average Bonchev–Trinajstić information content (AvgIpc) is 2.34. The highest BCUT2D eigenvalue weighted by molar-refractivity contribution is 5.40. The third kappa shape index (κ3) is 5.49. The van der Waals surface area contributed by atoms with Crippen LogP contribution < -0.4 is 10.6 Å².